The van der Waals surface area contributed by atoms with E-state index in [1.54, 1.807) is 11.3 Å². The van der Waals surface area contributed by atoms with Crippen molar-refractivity contribution in [2.45, 2.75) is 44.2 Å². The molecule has 3 rings (SSSR count). The number of hydrogen-bond acceptors (Lipinski definition) is 4. The zero-order chi connectivity index (χ0) is 14.7. The highest BCUT2D eigenvalue weighted by atomic mass is 32.1. The molecule has 2 aliphatic rings. The van der Waals surface area contributed by atoms with Gasteiger partial charge in [0.2, 0.25) is 5.91 Å². The standard InChI is InChI=1S/C16H24N2O2S/c19-15(17-10-14-5-3-9-21-14)12-18-8-7-16(20)6-2-1-4-13(16)11-18/h3,5,9,13,20H,1-2,4,6-8,10-12H2,(H,17,19). The van der Waals surface area contributed by atoms with E-state index in [2.05, 4.69) is 10.2 Å². The Morgan fingerprint density at radius 2 is 2.38 bits per heavy atom. The number of carbonyl (C=O) groups excluding carboxylic acids is 1. The molecule has 0 radical (unpaired) electrons. The van der Waals surface area contributed by atoms with Gasteiger partial charge in [-0.05, 0) is 30.7 Å². The lowest BCUT2D eigenvalue weighted by atomic mass is 9.71. The van der Waals surface area contributed by atoms with E-state index in [9.17, 15) is 9.90 Å². The van der Waals surface area contributed by atoms with Crippen LogP contribution in [0, 0.1) is 5.92 Å². The summed E-state index contributed by atoms with van der Waals surface area (Å²) >= 11 is 1.66. The lowest BCUT2D eigenvalue weighted by Gasteiger charge is -2.47. The molecule has 2 heterocycles. The van der Waals surface area contributed by atoms with Crippen molar-refractivity contribution in [1.82, 2.24) is 10.2 Å². The van der Waals surface area contributed by atoms with Gasteiger partial charge in [-0.1, -0.05) is 18.9 Å². The fourth-order valence-electron chi connectivity index (χ4n) is 3.64. The lowest BCUT2D eigenvalue weighted by Crippen LogP contribution is -2.54. The van der Waals surface area contributed by atoms with Crippen molar-refractivity contribution < 1.29 is 9.90 Å². The Bertz CT molecular complexity index is 477. The van der Waals surface area contributed by atoms with Gasteiger partial charge < -0.3 is 10.4 Å². The van der Waals surface area contributed by atoms with E-state index in [-0.39, 0.29) is 5.91 Å². The van der Waals surface area contributed by atoms with E-state index >= 15 is 0 Å². The highest BCUT2D eigenvalue weighted by molar-refractivity contribution is 7.09. The number of thiophene rings is 1. The van der Waals surface area contributed by atoms with Crippen LogP contribution in [0.5, 0.6) is 0 Å². The summed E-state index contributed by atoms with van der Waals surface area (Å²) in [5.74, 6) is 0.440. The largest absolute Gasteiger partial charge is 0.390 e. The van der Waals surface area contributed by atoms with Crippen LogP contribution in [0.3, 0.4) is 0 Å². The number of hydrogen-bond donors (Lipinski definition) is 2. The normalized spacial score (nSPS) is 29.9. The van der Waals surface area contributed by atoms with Crippen LogP contribution in [-0.4, -0.2) is 41.1 Å². The molecular formula is C16H24N2O2S. The second-order valence-corrected chi connectivity index (χ2v) is 7.42. The molecule has 1 amide bonds. The molecule has 1 aromatic rings. The summed E-state index contributed by atoms with van der Waals surface area (Å²) < 4.78 is 0. The first kappa shape index (κ1) is 15.0. The summed E-state index contributed by atoms with van der Waals surface area (Å²) in [7, 11) is 0. The third kappa shape index (κ3) is 3.65. The molecule has 0 bridgehead atoms. The summed E-state index contributed by atoms with van der Waals surface area (Å²) in [4.78, 5) is 15.4. The highest BCUT2D eigenvalue weighted by Gasteiger charge is 2.42. The molecule has 1 aromatic heterocycles. The predicted octanol–water partition coefficient (Wildman–Crippen LogP) is 1.99. The third-order valence-corrected chi connectivity index (χ3v) is 5.80. The van der Waals surface area contributed by atoms with Gasteiger partial charge in [0, 0.05) is 23.9 Å². The van der Waals surface area contributed by atoms with Gasteiger partial charge in [0.1, 0.15) is 0 Å². The number of piperidine rings is 1. The van der Waals surface area contributed by atoms with Crippen molar-refractivity contribution in [2.24, 2.45) is 5.92 Å². The molecule has 1 saturated carbocycles. The van der Waals surface area contributed by atoms with E-state index in [1.807, 2.05) is 17.5 Å². The van der Waals surface area contributed by atoms with Crippen molar-refractivity contribution in [3.63, 3.8) is 0 Å². The molecule has 0 aromatic carbocycles. The Hall–Kier alpha value is -0.910. The minimum absolute atomic E-state index is 0.0876. The molecule has 2 atom stereocenters. The number of nitrogens with one attached hydrogen (secondary N) is 1. The van der Waals surface area contributed by atoms with Gasteiger partial charge in [0.25, 0.3) is 0 Å². The van der Waals surface area contributed by atoms with Crippen LogP contribution in [0.4, 0.5) is 0 Å². The zero-order valence-corrected chi connectivity index (χ0v) is 13.2. The Morgan fingerprint density at radius 3 is 3.19 bits per heavy atom. The highest BCUT2D eigenvalue weighted by Crippen LogP contribution is 2.39. The maximum absolute atomic E-state index is 12.0. The van der Waals surface area contributed by atoms with Gasteiger partial charge in [0.15, 0.2) is 0 Å². The minimum atomic E-state index is -0.456. The number of likely N-dealkylation sites (tertiary alicyclic amines) is 1. The third-order valence-electron chi connectivity index (χ3n) is 4.92. The Kier molecular flexibility index (Phi) is 4.62. The Morgan fingerprint density at radius 1 is 1.48 bits per heavy atom. The van der Waals surface area contributed by atoms with Crippen LogP contribution >= 0.6 is 11.3 Å². The molecule has 1 aliphatic heterocycles. The topological polar surface area (TPSA) is 52.6 Å². The molecule has 116 valence electrons. The molecule has 2 fully saturated rings. The zero-order valence-electron chi connectivity index (χ0n) is 12.4. The smallest absolute Gasteiger partial charge is 0.234 e. The number of fused-ring (bicyclic) bond motifs is 1. The van der Waals surface area contributed by atoms with Gasteiger partial charge >= 0.3 is 0 Å². The van der Waals surface area contributed by atoms with Gasteiger partial charge in [-0.3, -0.25) is 9.69 Å². The van der Waals surface area contributed by atoms with Crippen molar-refractivity contribution in [2.75, 3.05) is 19.6 Å². The van der Waals surface area contributed by atoms with Crippen LogP contribution in [0.15, 0.2) is 17.5 Å². The number of amides is 1. The molecule has 5 heteroatoms. The Labute approximate surface area is 130 Å². The molecule has 21 heavy (non-hydrogen) atoms. The fourth-order valence-corrected chi connectivity index (χ4v) is 4.29. The van der Waals surface area contributed by atoms with E-state index < -0.39 is 5.60 Å². The van der Waals surface area contributed by atoms with Crippen LogP contribution < -0.4 is 5.32 Å². The average molecular weight is 308 g/mol. The first-order valence-corrected chi connectivity index (χ1v) is 8.77. The van der Waals surface area contributed by atoms with Crippen LogP contribution in [-0.2, 0) is 11.3 Å². The summed E-state index contributed by atoms with van der Waals surface area (Å²) in [5, 5.41) is 15.7. The van der Waals surface area contributed by atoms with Crippen LogP contribution in [0.1, 0.15) is 37.0 Å². The van der Waals surface area contributed by atoms with Gasteiger partial charge in [0.05, 0.1) is 18.7 Å². The summed E-state index contributed by atoms with van der Waals surface area (Å²) in [5.41, 5.74) is -0.456. The van der Waals surface area contributed by atoms with Crippen LogP contribution in [0.2, 0.25) is 0 Å². The van der Waals surface area contributed by atoms with E-state index in [4.69, 9.17) is 0 Å². The summed E-state index contributed by atoms with van der Waals surface area (Å²) in [6.45, 7) is 2.78. The van der Waals surface area contributed by atoms with Gasteiger partial charge in [-0.15, -0.1) is 11.3 Å². The summed E-state index contributed by atoms with van der Waals surface area (Å²) in [6, 6.07) is 4.04. The quantitative estimate of drug-likeness (QED) is 0.894. The number of nitrogens with zero attached hydrogens (tertiary/aromatic N) is 1. The molecule has 0 spiro atoms. The van der Waals surface area contributed by atoms with Crippen LogP contribution in [0.25, 0.3) is 0 Å². The maximum Gasteiger partial charge on any atom is 0.234 e. The number of aliphatic hydroxyl groups is 1. The monoisotopic (exact) mass is 308 g/mol. The first-order chi connectivity index (χ1) is 10.2. The molecule has 4 nitrogen and oxygen atoms in total. The first-order valence-electron chi connectivity index (χ1n) is 7.89. The van der Waals surface area contributed by atoms with Crippen molar-refractivity contribution in [1.29, 1.82) is 0 Å². The number of carbonyl (C=O) groups is 1. The van der Waals surface area contributed by atoms with E-state index in [1.165, 1.54) is 11.3 Å². The molecule has 1 saturated heterocycles. The lowest BCUT2D eigenvalue weighted by molar-refractivity contribution is -0.127. The predicted molar refractivity (Wildman–Crippen MR) is 84.1 cm³/mol. The van der Waals surface area contributed by atoms with Crippen molar-refractivity contribution >= 4 is 17.2 Å². The SMILES string of the molecule is O=C(CN1CCC2(O)CCCCC2C1)NCc1cccs1. The molecule has 2 unspecified atom stereocenters. The van der Waals surface area contributed by atoms with Gasteiger partial charge in [-0.2, -0.15) is 0 Å². The fraction of sp³-hybridized carbons (Fsp3) is 0.688. The molecule has 2 N–H and O–H groups in total. The van der Waals surface area contributed by atoms with E-state index in [0.717, 1.165) is 38.8 Å². The minimum Gasteiger partial charge on any atom is -0.390 e. The second-order valence-electron chi connectivity index (χ2n) is 6.39. The molecule has 1 aliphatic carbocycles. The van der Waals surface area contributed by atoms with E-state index in [0.29, 0.717) is 19.0 Å². The van der Waals surface area contributed by atoms with Crippen molar-refractivity contribution in [3.8, 4) is 0 Å². The second kappa shape index (κ2) is 6.46. The Balaban J connectivity index is 1.46. The maximum atomic E-state index is 12.0. The summed E-state index contributed by atoms with van der Waals surface area (Å²) in [6.07, 6.45) is 5.22. The number of rotatable bonds is 4. The molecular weight excluding hydrogens is 284 g/mol. The van der Waals surface area contributed by atoms with Crippen molar-refractivity contribution in [3.05, 3.63) is 22.4 Å². The average Bonchev–Trinajstić information content (AvgIpc) is 2.99. The van der Waals surface area contributed by atoms with Gasteiger partial charge in [-0.25, -0.2) is 0 Å².